The molecule has 0 heterocycles. The number of carbonyl (C=O) groups excluding carboxylic acids is 1. The summed E-state index contributed by atoms with van der Waals surface area (Å²) in [5.74, 6) is 0.221. The summed E-state index contributed by atoms with van der Waals surface area (Å²) in [5, 5.41) is 12.6. The van der Waals surface area contributed by atoms with Crippen molar-refractivity contribution in [1.29, 1.82) is 0 Å². The third-order valence-electron chi connectivity index (χ3n) is 4.12. The number of aliphatic hydroxyl groups excluding tert-OH is 1. The minimum atomic E-state index is -0.202. The van der Waals surface area contributed by atoms with Crippen LogP contribution in [0.1, 0.15) is 44.1 Å². The van der Waals surface area contributed by atoms with E-state index in [-0.39, 0.29) is 17.9 Å². The van der Waals surface area contributed by atoms with E-state index in [1.807, 2.05) is 31.2 Å². The van der Waals surface area contributed by atoms with Gasteiger partial charge in [-0.05, 0) is 49.8 Å². The van der Waals surface area contributed by atoms with Gasteiger partial charge in [-0.2, -0.15) is 0 Å². The van der Waals surface area contributed by atoms with E-state index in [0.717, 1.165) is 31.2 Å². The van der Waals surface area contributed by atoms with Gasteiger partial charge in [0.25, 0.3) is 0 Å². The Bertz CT molecular complexity index is 462. The average molecular weight is 276 g/mol. The van der Waals surface area contributed by atoms with E-state index >= 15 is 0 Å². The molecule has 4 N–H and O–H groups in total. The standard InChI is InChI=1S/C16H24N2O2/c1-11(13-5-3-6-14(17)9-13)16(20)18-10-12-4-2-7-15(19)8-12/h3,5-6,9,11-12,15,19H,2,4,7-8,10,17H2,1H3,(H,18,20). The molecule has 2 rings (SSSR count). The van der Waals surface area contributed by atoms with Crippen LogP contribution in [0.5, 0.6) is 0 Å². The largest absolute Gasteiger partial charge is 0.399 e. The van der Waals surface area contributed by atoms with Crippen LogP contribution in [0.3, 0.4) is 0 Å². The number of hydrogen-bond donors (Lipinski definition) is 3. The highest BCUT2D eigenvalue weighted by Gasteiger charge is 2.22. The first-order valence-corrected chi connectivity index (χ1v) is 7.37. The zero-order valence-electron chi connectivity index (χ0n) is 12.0. The van der Waals surface area contributed by atoms with Crippen LogP contribution in [0.25, 0.3) is 0 Å². The molecule has 20 heavy (non-hydrogen) atoms. The molecule has 4 nitrogen and oxygen atoms in total. The summed E-state index contributed by atoms with van der Waals surface area (Å²) in [6, 6.07) is 7.45. The van der Waals surface area contributed by atoms with Crippen LogP contribution in [0, 0.1) is 5.92 Å². The Morgan fingerprint density at radius 1 is 1.50 bits per heavy atom. The van der Waals surface area contributed by atoms with Gasteiger partial charge < -0.3 is 16.2 Å². The second-order valence-corrected chi connectivity index (χ2v) is 5.82. The van der Waals surface area contributed by atoms with Crippen molar-refractivity contribution in [1.82, 2.24) is 5.32 Å². The molecule has 4 heteroatoms. The minimum absolute atomic E-state index is 0.0238. The van der Waals surface area contributed by atoms with Crippen LogP contribution in [-0.4, -0.2) is 23.7 Å². The molecule has 110 valence electrons. The van der Waals surface area contributed by atoms with Crippen LogP contribution < -0.4 is 11.1 Å². The summed E-state index contributed by atoms with van der Waals surface area (Å²) < 4.78 is 0. The van der Waals surface area contributed by atoms with Crippen molar-refractivity contribution >= 4 is 11.6 Å². The van der Waals surface area contributed by atoms with Crippen molar-refractivity contribution in [2.24, 2.45) is 5.92 Å². The predicted octanol–water partition coefficient (Wildman–Crippen LogP) is 2.04. The molecular formula is C16H24N2O2. The first-order valence-electron chi connectivity index (χ1n) is 7.37. The molecule has 0 radical (unpaired) electrons. The van der Waals surface area contributed by atoms with E-state index in [4.69, 9.17) is 5.73 Å². The molecule has 0 bridgehead atoms. The second-order valence-electron chi connectivity index (χ2n) is 5.82. The molecule has 0 saturated heterocycles. The lowest BCUT2D eigenvalue weighted by Crippen LogP contribution is -2.35. The molecule has 3 unspecified atom stereocenters. The first-order chi connectivity index (χ1) is 9.56. The highest BCUT2D eigenvalue weighted by Crippen LogP contribution is 2.24. The van der Waals surface area contributed by atoms with Crippen LogP contribution >= 0.6 is 0 Å². The van der Waals surface area contributed by atoms with Gasteiger partial charge >= 0.3 is 0 Å². The molecule has 1 saturated carbocycles. The Morgan fingerprint density at radius 2 is 2.30 bits per heavy atom. The SMILES string of the molecule is CC(C(=O)NCC1CCCC(O)C1)c1cccc(N)c1. The van der Waals surface area contributed by atoms with Crippen LogP contribution in [0.2, 0.25) is 0 Å². The molecule has 1 aliphatic carbocycles. The summed E-state index contributed by atoms with van der Waals surface area (Å²) in [5.41, 5.74) is 7.36. The zero-order valence-corrected chi connectivity index (χ0v) is 12.0. The van der Waals surface area contributed by atoms with E-state index in [9.17, 15) is 9.90 Å². The highest BCUT2D eigenvalue weighted by atomic mass is 16.3. The molecule has 0 aliphatic heterocycles. The van der Waals surface area contributed by atoms with E-state index in [1.54, 1.807) is 0 Å². The van der Waals surface area contributed by atoms with E-state index < -0.39 is 0 Å². The molecule has 0 spiro atoms. The van der Waals surface area contributed by atoms with E-state index in [2.05, 4.69) is 5.32 Å². The third-order valence-corrected chi connectivity index (χ3v) is 4.12. The molecular weight excluding hydrogens is 252 g/mol. The zero-order chi connectivity index (χ0) is 14.5. The van der Waals surface area contributed by atoms with Gasteiger partial charge in [0.05, 0.1) is 12.0 Å². The number of carbonyl (C=O) groups is 1. The topological polar surface area (TPSA) is 75.3 Å². The summed E-state index contributed by atoms with van der Waals surface area (Å²) in [7, 11) is 0. The molecule has 3 atom stereocenters. The Balaban J connectivity index is 1.85. The predicted molar refractivity (Wildman–Crippen MR) is 80.2 cm³/mol. The van der Waals surface area contributed by atoms with Gasteiger partial charge in [-0.25, -0.2) is 0 Å². The molecule has 0 aromatic heterocycles. The van der Waals surface area contributed by atoms with Gasteiger partial charge in [0.15, 0.2) is 0 Å². The lowest BCUT2D eigenvalue weighted by Gasteiger charge is -2.26. The second kappa shape index (κ2) is 6.75. The molecule has 1 aromatic rings. The van der Waals surface area contributed by atoms with Crippen molar-refractivity contribution in [3.05, 3.63) is 29.8 Å². The van der Waals surface area contributed by atoms with E-state index in [0.29, 0.717) is 18.2 Å². The van der Waals surface area contributed by atoms with Crippen molar-refractivity contribution in [2.45, 2.75) is 44.6 Å². The number of anilines is 1. The number of nitrogens with two attached hydrogens (primary N) is 1. The maximum Gasteiger partial charge on any atom is 0.227 e. The van der Waals surface area contributed by atoms with Crippen LogP contribution in [-0.2, 0) is 4.79 Å². The lowest BCUT2D eigenvalue weighted by molar-refractivity contribution is -0.122. The number of nitrogen functional groups attached to an aromatic ring is 1. The summed E-state index contributed by atoms with van der Waals surface area (Å²) >= 11 is 0. The Hall–Kier alpha value is -1.55. The number of aliphatic hydroxyl groups is 1. The van der Waals surface area contributed by atoms with Crippen molar-refractivity contribution < 1.29 is 9.90 Å². The molecule has 1 aliphatic rings. The van der Waals surface area contributed by atoms with E-state index in [1.165, 1.54) is 0 Å². The van der Waals surface area contributed by atoms with Crippen LogP contribution in [0.15, 0.2) is 24.3 Å². The Labute approximate surface area is 120 Å². The monoisotopic (exact) mass is 276 g/mol. The Kier molecular flexibility index (Phi) is 5.01. The maximum atomic E-state index is 12.2. The first kappa shape index (κ1) is 14.9. The smallest absolute Gasteiger partial charge is 0.227 e. The molecule has 1 aromatic carbocycles. The van der Waals surface area contributed by atoms with Gasteiger partial charge in [0, 0.05) is 12.2 Å². The van der Waals surface area contributed by atoms with Gasteiger partial charge in [0.1, 0.15) is 0 Å². The quantitative estimate of drug-likeness (QED) is 0.737. The minimum Gasteiger partial charge on any atom is -0.399 e. The van der Waals surface area contributed by atoms with Crippen molar-refractivity contribution in [3.63, 3.8) is 0 Å². The maximum absolute atomic E-state index is 12.2. The highest BCUT2D eigenvalue weighted by molar-refractivity contribution is 5.83. The average Bonchev–Trinajstić information content (AvgIpc) is 2.44. The number of nitrogens with one attached hydrogen (secondary N) is 1. The van der Waals surface area contributed by atoms with Gasteiger partial charge in [0.2, 0.25) is 5.91 Å². The fourth-order valence-corrected chi connectivity index (χ4v) is 2.83. The number of amides is 1. The van der Waals surface area contributed by atoms with Crippen LogP contribution in [0.4, 0.5) is 5.69 Å². The third kappa shape index (κ3) is 3.97. The fourth-order valence-electron chi connectivity index (χ4n) is 2.83. The summed E-state index contributed by atoms with van der Waals surface area (Å²) in [6.07, 6.45) is 3.63. The number of benzene rings is 1. The summed E-state index contributed by atoms with van der Waals surface area (Å²) in [6.45, 7) is 2.54. The Morgan fingerprint density at radius 3 is 3.00 bits per heavy atom. The fraction of sp³-hybridized carbons (Fsp3) is 0.562. The normalized spacial score (nSPS) is 24.1. The molecule has 1 amide bonds. The number of rotatable bonds is 4. The van der Waals surface area contributed by atoms with Gasteiger partial charge in [-0.15, -0.1) is 0 Å². The number of hydrogen-bond acceptors (Lipinski definition) is 3. The lowest BCUT2D eigenvalue weighted by atomic mass is 9.87. The van der Waals surface area contributed by atoms with Crippen molar-refractivity contribution in [3.8, 4) is 0 Å². The summed E-state index contributed by atoms with van der Waals surface area (Å²) in [4.78, 5) is 12.2. The van der Waals surface area contributed by atoms with Crippen molar-refractivity contribution in [2.75, 3.05) is 12.3 Å². The molecule has 1 fully saturated rings. The van der Waals surface area contributed by atoms with Gasteiger partial charge in [-0.1, -0.05) is 18.6 Å². The van der Waals surface area contributed by atoms with Gasteiger partial charge in [-0.3, -0.25) is 4.79 Å².